The van der Waals surface area contributed by atoms with Crippen molar-refractivity contribution in [2.24, 2.45) is 11.8 Å². The van der Waals surface area contributed by atoms with Gasteiger partial charge in [-0.15, -0.1) is 0 Å². The number of unbranched alkanes of at least 4 members (excludes halogenated alkanes) is 1. The van der Waals surface area contributed by atoms with Crippen molar-refractivity contribution >= 4 is 39.3 Å². The lowest BCUT2D eigenvalue weighted by atomic mass is 9.76. The van der Waals surface area contributed by atoms with Crippen molar-refractivity contribution in [1.29, 1.82) is 0 Å². The molecule has 144 valence electrons. The lowest BCUT2D eigenvalue weighted by Crippen LogP contribution is -2.54. The molecule has 8 heteroatoms. The molecule has 0 radical (unpaired) electrons. The molecule has 7 nitrogen and oxygen atoms in total. The maximum absolute atomic E-state index is 13.3. The first-order chi connectivity index (χ1) is 12.8. The van der Waals surface area contributed by atoms with Crippen LogP contribution in [0.2, 0.25) is 0 Å². The third kappa shape index (κ3) is 2.43. The fraction of sp³-hybridized carbons (Fsp3) is 0.526. The number of benzene rings is 1. The summed E-state index contributed by atoms with van der Waals surface area (Å²) in [7, 11) is 0. The summed E-state index contributed by atoms with van der Waals surface area (Å²) in [6.45, 7) is 3.91. The van der Waals surface area contributed by atoms with Crippen LogP contribution in [0.1, 0.15) is 32.3 Å². The summed E-state index contributed by atoms with van der Waals surface area (Å²) in [6.07, 6.45) is 0.681. The van der Waals surface area contributed by atoms with E-state index in [-0.39, 0.29) is 17.7 Å². The van der Waals surface area contributed by atoms with E-state index < -0.39 is 29.5 Å². The molecule has 3 N–H and O–H groups in total. The minimum atomic E-state index is -1.35. The topological polar surface area (TPSA) is 98.7 Å². The number of carbonyl (C=O) groups excluding carboxylic acids is 3. The van der Waals surface area contributed by atoms with Crippen LogP contribution >= 0.6 is 15.9 Å². The van der Waals surface area contributed by atoms with E-state index >= 15 is 0 Å². The third-order valence-electron chi connectivity index (χ3n) is 5.96. The molecule has 4 rings (SSSR count). The Kier molecular flexibility index (Phi) is 4.40. The minimum Gasteiger partial charge on any atom is -0.392 e. The van der Waals surface area contributed by atoms with Crippen molar-refractivity contribution in [1.82, 2.24) is 10.2 Å². The van der Waals surface area contributed by atoms with Crippen LogP contribution in [0.4, 0.5) is 5.69 Å². The van der Waals surface area contributed by atoms with Crippen molar-refractivity contribution in [2.75, 3.05) is 11.9 Å². The van der Waals surface area contributed by atoms with Gasteiger partial charge in [-0.2, -0.15) is 0 Å². The maximum Gasteiger partial charge on any atom is 0.250 e. The van der Waals surface area contributed by atoms with Crippen molar-refractivity contribution in [2.45, 2.75) is 44.4 Å². The second kappa shape index (κ2) is 6.39. The predicted molar refractivity (Wildman–Crippen MR) is 102 cm³/mol. The SMILES string of the molecule is CCCCN1C(=O)[C@@H]2[C@H]([C@@H](C)O)N[C@]3(C(=O)Nc4ccc(Br)cc43)[C@@H]2C1=O. The molecule has 5 atom stereocenters. The molecule has 0 aliphatic carbocycles. The first-order valence-electron chi connectivity index (χ1n) is 9.25. The minimum absolute atomic E-state index is 0.301. The summed E-state index contributed by atoms with van der Waals surface area (Å²) >= 11 is 3.43. The summed E-state index contributed by atoms with van der Waals surface area (Å²) < 4.78 is 0.774. The molecule has 1 aromatic rings. The van der Waals surface area contributed by atoms with Gasteiger partial charge in [-0.1, -0.05) is 29.3 Å². The number of hydrogen-bond donors (Lipinski definition) is 3. The zero-order valence-corrected chi connectivity index (χ0v) is 16.7. The molecule has 0 bridgehead atoms. The number of rotatable bonds is 4. The Morgan fingerprint density at radius 2 is 2.04 bits per heavy atom. The highest BCUT2D eigenvalue weighted by Gasteiger charge is 2.70. The number of nitrogens with one attached hydrogen (secondary N) is 2. The van der Waals surface area contributed by atoms with Crippen molar-refractivity contribution < 1.29 is 19.5 Å². The highest BCUT2D eigenvalue weighted by molar-refractivity contribution is 9.10. The van der Waals surface area contributed by atoms with E-state index in [4.69, 9.17) is 0 Å². The van der Waals surface area contributed by atoms with E-state index in [0.717, 1.165) is 10.9 Å². The number of hydrogen-bond acceptors (Lipinski definition) is 5. The van der Waals surface area contributed by atoms with Crippen LogP contribution in [0.3, 0.4) is 0 Å². The van der Waals surface area contributed by atoms with E-state index in [1.165, 1.54) is 4.90 Å². The molecule has 3 aliphatic heterocycles. The Bertz CT molecular complexity index is 842. The molecule has 3 heterocycles. The van der Waals surface area contributed by atoms with Crippen LogP contribution in [0.15, 0.2) is 22.7 Å². The van der Waals surface area contributed by atoms with Crippen LogP contribution < -0.4 is 10.6 Å². The predicted octanol–water partition coefficient (Wildman–Crippen LogP) is 1.35. The Balaban J connectivity index is 1.86. The third-order valence-corrected chi connectivity index (χ3v) is 6.45. The normalized spacial score (nSPS) is 32.8. The van der Waals surface area contributed by atoms with Gasteiger partial charge in [0.25, 0.3) is 0 Å². The van der Waals surface area contributed by atoms with E-state index in [1.807, 2.05) is 13.0 Å². The quantitative estimate of drug-likeness (QED) is 0.619. The first kappa shape index (κ1) is 18.6. The van der Waals surface area contributed by atoms with Crippen molar-refractivity contribution in [3.8, 4) is 0 Å². The Labute approximate surface area is 165 Å². The molecule has 1 spiro atoms. The lowest BCUT2D eigenvalue weighted by molar-refractivity contribution is -0.143. The Morgan fingerprint density at radius 1 is 1.30 bits per heavy atom. The number of imide groups is 1. The number of aliphatic hydroxyl groups is 1. The van der Waals surface area contributed by atoms with E-state index in [1.54, 1.807) is 19.1 Å². The van der Waals surface area contributed by atoms with E-state index in [0.29, 0.717) is 24.2 Å². The molecule has 3 aliphatic rings. The van der Waals surface area contributed by atoms with Gasteiger partial charge in [0.05, 0.1) is 17.9 Å². The molecule has 27 heavy (non-hydrogen) atoms. The summed E-state index contributed by atoms with van der Waals surface area (Å²) in [6, 6.07) is 4.71. The van der Waals surface area contributed by atoms with Crippen LogP contribution in [0, 0.1) is 11.8 Å². The number of carbonyl (C=O) groups is 3. The number of halogens is 1. The van der Waals surface area contributed by atoms with Gasteiger partial charge in [-0.25, -0.2) is 0 Å². The number of anilines is 1. The van der Waals surface area contributed by atoms with Crippen LogP contribution in [-0.4, -0.2) is 46.4 Å². The Hall–Kier alpha value is -1.77. The molecule has 0 saturated carbocycles. The molecule has 1 aromatic carbocycles. The van der Waals surface area contributed by atoms with Gasteiger partial charge in [0.15, 0.2) is 0 Å². The van der Waals surface area contributed by atoms with Gasteiger partial charge >= 0.3 is 0 Å². The maximum atomic E-state index is 13.3. The molecule has 0 unspecified atom stereocenters. The molecule has 2 saturated heterocycles. The standard InChI is InChI=1S/C19H22BrN3O4/c1-3-4-7-23-16(25)13-14(17(23)26)19(22-15(13)9(2)24)11-8-10(20)5-6-12(11)21-18(19)27/h5-6,8-9,13-15,22,24H,3-4,7H2,1-2H3,(H,21,27)/t9-,13+,14+,15+,19+/m1/s1. The van der Waals surface area contributed by atoms with Gasteiger partial charge in [0, 0.05) is 28.3 Å². The lowest BCUT2D eigenvalue weighted by Gasteiger charge is -2.30. The van der Waals surface area contributed by atoms with E-state index in [2.05, 4.69) is 26.6 Å². The summed E-state index contributed by atoms with van der Waals surface area (Å²) in [4.78, 5) is 40.7. The monoisotopic (exact) mass is 435 g/mol. The number of aliphatic hydroxyl groups excluding tert-OH is 1. The number of amides is 3. The van der Waals surface area contributed by atoms with Crippen molar-refractivity contribution in [3.63, 3.8) is 0 Å². The summed E-state index contributed by atoms with van der Waals surface area (Å²) in [5, 5.41) is 16.3. The smallest absolute Gasteiger partial charge is 0.250 e. The highest BCUT2D eigenvalue weighted by atomic mass is 79.9. The number of fused-ring (bicyclic) bond motifs is 4. The fourth-order valence-electron chi connectivity index (χ4n) is 4.71. The van der Waals surface area contributed by atoms with Crippen LogP contribution in [0.25, 0.3) is 0 Å². The van der Waals surface area contributed by atoms with Gasteiger partial charge in [0.2, 0.25) is 17.7 Å². The second-order valence-electron chi connectivity index (χ2n) is 7.55. The van der Waals surface area contributed by atoms with Gasteiger partial charge in [-0.3, -0.25) is 24.6 Å². The first-order valence-corrected chi connectivity index (χ1v) is 10.0. The summed E-state index contributed by atoms with van der Waals surface area (Å²) in [5.41, 5.74) is -0.0921. The summed E-state index contributed by atoms with van der Waals surface area (Å²) in [5.74, 6) is -2.61. The number of likely N-dealkylation sites (tertiary alicyclic amines) is 1. The molecule has 3 amide bonds. The second-order valence-corrected chi connectivity index (χ2v) is 8.46. The number of nitrogens with zero attached hydrogens (tertiary/aromatic N) is 1. The van der Waals surface area contributed by atoms with Crippen molar-refractivity contribution in [3.05, 3.63) is 28.2 Å². The zero-order valence-electron chi connectivity index (χ0n) is 15.2. The van der Waals surface area contributed by atoms with Crippen LogP contribution in [0.5, 0.6) is 0 Å². The van der Waals surface area contributed by atoms with E-state index in [9.17, 15) is 19.5 Å². The van der Waals surface area contributed by atoms with Crippen LogP contribution in [-0.2, 0) is 19.9 Å². The highest BCUT2D eigenvalue weighted by Crippen LogP contribution is 2.53. The van der Waals surface area contributed by atoms with Gasteiger partial charge in [-0.05, 0) is 31.5 Å². The largest absolute Gasteiger partial charge is 0.392 e. The average molecular weight is 436 g/mol. The molecule has 0 aromatic heterocycles. The zero-order chi connectivity index (χ0) is 19.5. The molecular formula is C19H22BrN3O4. The molecular weight excluding hydrogens is 414 g/mol. The van der Waals surface area contributed by atoms with Gasteiger partial charge < -0.3 is 10.4 Å². The molecule has 2 fully saturated rings. The van der Waals surface area contributed by atoms with Gasteiger partial charge in [0.1, 0.15) is 5.54 Å². The average Bonchev–Trinajstić information content (AvgIpc) is 3.20. The Morgan fingerprint density at radius 3 is 2.70 bits per heavy atom. The fourth-order valence-corrected chi connectivity index (χ4v) is 5.08.